The molecule has 0 bridgehead atoms. The van der Waals surface area contributed by atoms with E-state index in [1.54, 1.807) is 18.4 Å². The Balaban J connectivity index is 0.00000392. The van der Waals surface area contributed by atoms with Gasteiger partial charge in [0.05, 0.1) is 22.8 Å². The van der Waals surface area contributed by atoms with Gasteiger partial charge >= 0.3 is 6.18 Å². The third kappa shape index (κ3) is 7.82. The summed E-state index contributed by atoms with van der Waals surface area (Å²) in [6.07, 6.45) is -3.53. The highest BCUT2D eigenvalue weighted by Crippen LogP contribution is 2.30. The Hall–Kier alpha value is -1.56. The zero-order valence-corrected chi connectivity index (χ0v) is 19.0. The summed E-state index contributed by atoms with van der Waals surface area (Å²) in [5.41, 5.74) is 0.376. The predicted molar refractivity (Wildman–Crippen MR) is 117 cm³/mol. The van der Waals surface area contributed by atoms with Gasteiger partial charge in [-0.05, 0) is 38.1 Å². The molecule has 0 aliphatic heterocycles. The van der Waals surface area contributed by atoms with E-state index in [1.165, 1.54) is 17.0 Å². The van der Waals surface area contributed by atoms with Gasteiger partial charge in [-0.15, -0.1) is 35.3 Å². The average molecular weight is 528 g/mol. The summed E-state index contributed by atoms with van der Waals surface area (Å²) in [5, 5.41) is 7.37. The van der Waals surface area contributed by atoms with E-state index in [4.69, 9.17) is 4.74 Å². The molecule has 1 aromatic carbocycles. The lowest BCUT2D eigenvalue weighted by Gasteiger charge is -2.12. The van der Waals surface area contributed by atoms with Crippen LogP contribution in [0.2, 0.25) is 0 Å². The van der Waals surface area contributed by atoms with E-state index in [-0.39, 0.29) is 24.0 Å². The second-order valence-corrected chi connectivity index (χ2v) is 7.08. The van der Waals surface area contributed by atoms with Crippen LogP contribution in [0.5, 0.6) is 5.75 Å². The van der Waals surface area contributed by atoms with E-state index in [1.807, 2.05) is 6.92 Å². The smallest absolute Gasteiger partial charge is 0.416 e. The van der Waals surface area contributed by atoms with Crippen molar-refractivity contribution in [1.82, 2.24) is 15.6 Å². The number of hydrogen-bond acceptors (Lipinski definition) is 4. The highest BCUT2D eigenvalue weighted by atomic mass is 127. The average Bonchev–Trinajstić information content (AvgIpc) is 2.94. The number of nitrogens with zero attached hydrogens (tertiary/aromatic N) is 2. The van der Waals surface area contributed by atoms with Gasteiger partial charge in [-0.1, -0.05) is 0 Å². The molecule has 28 heavy (non-hydrogen) atoms. The first-order chi connectivity index (χ1) is 12.8. The van der Waals surface area contributed by atoms with Crippen LogP contribution in [0.15, 0.2) is 29.3 Å². The molecule has 0 unspecified atom stereocenters. The van der Waals surface area contributed by atoms with Crippen LogP contribution in [-0.4, -0.2) is 37.7 Å². The van der Waals surface area contributed by atoms with Gasteiger partial charge in [0.2, 0.25) is 0 Å². The lowest BCUT2D eigenvalue weighted by atomic mass is 10.2. The zero-order valence-electron chi connectivity index (χ0n) is 15.9. The molecule has 2 rings (SSSR count). The standard InChI is InChI=1S/C18H23F3N4OS.HI/c1-12-13(2)27-16(25-12)8-9-23-17(22-3)24-10-11-26-15-6-4-14(5-7-15)18(19,20)21;/h4-7H,8-11H2,1-3H3,(H2,22,23,24);1H. The molecule has 156 valence electrons. The highest BCUT2D eigenvalue weighted by Gasteiger charge is 2.29. The van der Waals surface area contributed by atoms with E-state index in [0.717, 1.165) is 29.3 Å². The summed E-state index contributed by atoms with van der Waals surface area (Å²) in [6, 6.07) is 4.64. The van der Waals surface area contributed by atoms with Crippen molar-refractivity contribution < 1.29 is 17.9 Å². The summed E-state index contributed by atoms with van der Waals surface area (Å²) in [6.45, 7) is 5.53. The molecular formula is C18H24F3IN4OS. The monoisotopic (exact) mass is 528 g/mol. The largest absolute Gasteiger partial charge is 0.492 e. The van der Waals surface area contributed by atoms with Crippen LogP contribution in [0.4, 0.5) is 13.2 Å². The lowest BCUT2D eigenvalue weighted by molar-refractivity contribution is -0.137. The molecule has 10 heteroatoms. The maximum Gasteiger partial charge on any atom is 0.416 e. The van der Waals surface area contributed by atoms with Gasteiger partial charge in [-0.3, -0.25) is 4.99 Å². The van der Waals surface area contributed by atoms with Crippen LogP contribution in [0.1, 0.15) is 21.1 Å². The molecule has 0 aliphatic carbocycles. The SMILES string of the molecule is CN=C(NCCOc1ccc(C(F)(F)F)cc1)NCCc1nc(C)c(C)s1.I. The van der Waals surface area contributed by atoms with Crippen molar-refractivity contribution in [2.75, 3.05) is 26.7 Å². The molecule has 0 saturated carbocycles. The first-order valence-corrected chi connectivity index (χ1v) is 9.28. The normalized spacial score (nSPS) is 11.7. The number of aliphatic imine (C=N–C) groups is 1. The van der Waals surface area contributed by atoms with Crippen molar-refractivity contribution in [2.45, 2.75) is 26.4 Å². The van der Waals surface area contributed by atoms with Crippen LogP contribution in [0.3, 0.4) is 0 Å². The summed E-state index contributed by atoms with van der Waals surface area (Å²) >= 11 is 1.69. The number of rotatable bonds is 7. The molecule has 0 fully saturated rings. The maximum absolute atomic E-state index is 12.5. The third-order valence-electron chi connectivity index (χ3n) is 3.77. The van der Waals surface area contributed by atoms with Crippen molar-refractivity contribution in [3.63, 3.8) is 0 Å². The molecule has 1 heterocycles. The van der Waals surface area contributed by atoms with Gasteiger partial charge in [0.25, 0.3) is 0 Å². The number of aryl methyl sites for hydroxylation is 2. The third-order valence-corrected chi connectivity index (χ3v) is 4.91. The van der Waals surface area contributed by atoms with Gasteiger partial charge in [-0.25, -0.2) is 4.98 Å². The number of ether oxygens (including phenoxy) is 1. The molecule has 0 amide bonds. The molecule has 1 aromatic heterocycles. The Morgan fingerprint density at radius 1 is 1.14 bits per heavy atom. The van der Waals surface area contributed by atoms with Crippen molar-refractivity contribution in [1.29, 1.82) is 0 Å². The van der Waals surface area contributed by atoms with Crippen LogP contribution < -0.4 is 15.4 Å². The Labute approximate surface area is 183 Å². The molecule has 0 spiro atoms. The molecule has 2 N–H and O–H groups in total. The number of hydrogen-bond donors (Lipinski definition) is 2. The quantitative estimate of drug-likeness (QED) is 0.245. The van der Waals surface area contributed by atoms with E-state index < -0.39 is 11.7 Å². The predicted octanol–water partition coefficient (Wildman–Crippen LogP) is 4.18. The second-order valence-electron chi connectivity index (χ2n) is 5.80. The summed E-state index contributed by atoms with van der Waals surface area (Å²) in [7, 11) is 1.67. The number of alkyl halides is 3. The lowest BCUT2D eigenvalue weighted by Crippen LogP contribution is -2.40. The van der Waals surface area contributed by atoms with Gasteiger partial charge < -0.3 is 15.4 Å². The number of nitrogens with one attached hydrogen (secondary N) is 2. The Morgan fingerprint density at radius 2 is 1.79 bits per heavy atom. The second kappa shape index (κ2) is 11.4. The number of thiazole rings is 1. The van der Waals surface area contributed by atoms with Gasteiger partial charge in [-0.2, -0.15) is 13.2 Å². The topological polar surface area (TPSA) is 58.5 Å². The van der Waals surface area contributed by atoms with Gasteiger partial charge in [0.15, 0.2) is 5.96 Å². The minimum absolute atomic E-state index is 0. The number of benzene rings is 1. The summed E-state index contributed by atoms with van der Waals surface area (Å²) in [4.78, 5) is 9.84. The Morgan fingerprint density at radius 3 is 2.32 bits per heavy atom. The van der Waals surface area contributed by atoms with Crippen molar-refractivity contribution in [3.8, 4) is 5.75 Å². The molecule has 0 atom stereocenters. The minimum Gasteiger partial charge on any atom is -0.492 e. The Kier molecular flexibility index (Phi) is 10.0. The molecule has 0 saturated heterocycles. The Bertz CT molecular complexity index is 744. The minimum atomic E-state index is -4.34. The molecule has 5 nitrogen and oxygen atoms in total. The fraction of sp³-hybridized carbons (Fsp3) is 0.444. The molecule has 0 radical (unpaired) electrons. The van der Waals surface area contributed by atoms with Crippen LogP contribution in [-0.2, 0) is 12.6 Å². The molecular weight excluding hydrogens is 504 g/mol. The summed E-state index contributed by atoms with van der Waals surface area (Å²) < 4.78 is 43.0. The van der Waals surface area contributed by atoms with E-state index in [2.05, 4.69) is 27.5 Å². The van der Waals surface area contributed by atoms with E-state index in [9.17, 15) is 13.2 Å². The van der Waals surface area contributed by atoms with Gasteiger partial charge in [0.1, 0.15) is 12.4 Å². The van der Waals surface area contributed by atoms with Crippen LogP contribution >= 0.6 is 35.3 Å². The zero-order chi connectivity index (χ0) is 19.9. The number of aromatic nitrogens is 1. The van der Waals surface area contributed by atoms with E-state index >= 15 is 0 Å². The summed E-state index contributed by atoms with van der Waals surface area (Å²) in [5.74, 6) is 1.03. The van der Waals surface area contributed by atoms with Crippen molar-refractivity contribution >= 4 is 41.3 Å². The number of halogens is 4. The molecule has 0 aliphatic rings. The highest BCUT2D eigenvalue weighted by molar-refractivity contribution is 14.0. The van der Waals surface area contributed by atoms with Crippen LogP contribution in [0.25, 0.3) is 0 Å². The van der Waals surface area contributed by atoms with Crippen molar-refractivity contribution in [3.05, 3.63) is 45.4 Å². The van der Waals surface area contributed by atoms with Gasteiger partial charge in [0, 0.05) is 24.9 Å². The van der Waals surface area contributed by atoms with Crippen molar-refractivity contribution in [2.24, 2.45) is 4.99 Å². The van der Waals surface area contributed by atoms with Crippen LogP contribution in [0, 0.1) is 13.8 Å². The first kappa shape index (κ1) is 24.5. The van der Waals surface area contributed by atoms with E-state index in [0.29, 0.717) is 31.4 Å². The number of guanidine groups is 1. The fourth-order valence-electron chi connectivity index (χ4n) is 2.23. The fourth-order valence-corrected chi connectivity index (χ4v) is 3.17. The maximum atomic E-state index is 12.5. The molecule has 2 aromatic rings. The first-order valence-electron chi connectivity index (χ1n) is 8.47.